The largest absolute Gasteiger partial charge is 0.477 e. The van der Waals surface area contributed by atoms with Crippen LogP contribution in [0.25, 0.3) is 5.70 Å². The molecular formula is C6H6N2O2. The van der Waals surface area contributed by atoms with Gasteiger partial charge in [-0.2, -0.15) is 0 Å². The van der Waals surface area contributed by atoms with Gasteiger partial charge in [0.1, 0.15) is 5.70 Å². The van der Waals surface area contributed by atoms with E-state index in [4.69, 9.17) is 5.11 Å². The van der Waals surface area contributed by atoms with Crippen LogP contribution in [0.15, 0.2) is 25.3 Å². The van der Waals surface area contributed by atoms with E-state index in [1.807, 2.05) is 0 Å². The van der Waals surface area contributed by atoms with Gasteiger partial charge in [-0.15, -0.1) is 0 Å². The zero-order valence-electron chi connectivity index (χ0n) is 5.19. The molecule has 0 amide bonds. The zero-order valence-corrected chi connectivity index (χ0v) is 5.19. The molecule has 0 atom stereocenters. The van der Waals surface area contributed by atoms with Gasteiger partial charge in [0.25, 0.3) is 0 Å². The maximum atomic E-state index is 10.2. The van der Waals surface area contributed by atoms with Crippen LogP contribution in [-0.2, 0) is 4.79 Å². The van der Waals surface area contributed by atoms with Crippen LogP contribution >= 0.6 is 0 Å². The number of aromatic nitrogens is 2. The number of carboxylic acid groups (broad SMARTS) is 1. The normalized spacial score (nSPS) is 9.20. The van der Waals surface area contributed by atoms with E-state index < -0.39 is 5.97 Å². The van der Waals surface area contributed by atoms with Crippen molar-refractivity contribution in [1.82, 2.24) is 9.55 Å². The molecule has 0 aromatic carbocycles. The van der Waals surface area contributed by atoms with Gasteiger partial charge in [0.15, 0.2) is 0 Å². The van der Waals surface area contributed by atoms with Gasteiger partial charge in [-0.1, -0.05) is 6.58 Å². The van der Waals surface area contributed by atoms with Crippen molar-refractivity contribution in [3.8, 4) is 0 Å². The molecule has 4 nitrogen and oxygen atoms in total. The van der Waals surface area contributed by atoms with Gasteiger partial charge >= 0.3 is 5.97 Å². The number of hydrogen-bond donors (Lipinski definition) is 1. The molecule has 0 saturated heterocycles. The Morgan fingerprint density at radius 1 is 1.70 bits per heavy atom. The van der Waals surface area contributed by atoms with E-state index in [0.29, 0.717) is 0 Å². The summed E-state index contributed by atoms with van der Waals surface area (Å²) >= 11 is 0. The van der Waals surface area contributed by atoms with Gasteiger partial charge in [0.05, 0.1) is 6.33 Å². The smallest absolute Gasteiger partial charge is 0.352 e. The van der Waals surface area contributed by atoms with Crippen molar-refractivity contribution in [3.05, 3.63) is 25.3 Å². The minimum atomic E-state index is -1.04. The van der Waals surface area contributed by atoms with Crippen LogP contribution in [0.5, 0.6) is 0 Å². The summed E-state index contributed by atoms with van der Waals surface area (Å²) in [5.74, 6) is -1.04. The number of aliphatic carboxylic acids is 1. The highest BCUT2D eigenvalue weighted by molar-refractivity contribution is 6.07. The predicted octanol–water partition coefficient (Wildman–Crippen LogP) is 0.438. The standard InChI is InChI=1S/C6H6N2O2/c1-5(6(9)10)8-3-2-7-4-8/h2-4H,1H2,(H,9,10). The monoisotopic (exact) mass is 138 g/mol. The quantitative estimate of drug-likeness (QED) is 0.603. The lowest BCUT2D eigenvalue weighted by atomic mass is 10.5. The lowest BCUT2D eigenvalue weighted by molar-refractivity contribution is -0.130. The Morgan fingerprint density at radius 3 is 2.80 bits per heavy atom. The Hall–Kier alpha value is -1.58. The van der Waals surface area contributed by atoms with Crippen LogP contribution < -0.4 is 0 Å². The molecule has 0 saturated carbocycles. The summed E-state index contributed by atoms with van der Waals surface area (Å²) in [6.45, 7) is 3.32. The SMILES string of the molecule is C=C(C(=O)O)n1ccnc1. The molecule has 0 spiro atoms. The molecule has 1 aromatic rings. The van der Waals surface area contributed by atoms with Gasteiger partial charge in [0.2, 0.25) is 0 Å². The number of rotatable bonds is 2. The Kier molecular flexibility index (Phi) is 1.53. The first-order valence-corrected chi connectivity index (χ1v) is 2.62. The molecule has 1 rings (SSSR count). The van der Waals surface area contributed by atoms with Gasteiger partial charge < -0.3 is 9.67 Å². The van der Waals surface area contributed by atoms with Crippen molar-refractivity contribution >= 4 is 11.7 Å². The maximum absolute atomic E-state index is 10.2. The fourth-order valence-corrected chi connectivity index (χ4v) is 0.529. The first-order valence-electron chi connectivity index (χ1n) is 2.62. The minimum absolute atomic E-state index is 0.00231. The third-order valence-corrected chi connectivity index (χ3v) is 1.06. The highest BCUT2D eigenvalue weighted by Crippen LogP contribution is 1.98. The molecule has 0 aliphatic carbocycles. The Labute approximate surface area is 57.4 Å². The molecule has 0 radical (unpaired) electrons. The molecular weight excluding hydrogens is 132 g/mol. The number of hydrogen-bond acceptors (Lipinski definition) is 2. The highest BCUT2D eigenvalue weighted by atomic mass is 16.4. The summed E-state index contributed by atoms with van der Waals surface area (Å²) < 4.78 is 1.34. The van der Waals surface area contributed by atoms with E-state index in [9.17, 15) is 4.79 Å². The van der Waals surface area contributed by atoms with Gasteiger partial charge in [-0.3, -0.25) is 0 Å². The molecule has 1 heterocycles. The Morgan fingerprint density at radius 2 is 2.40 bits per heavy atom. The number of imidazole rings is 1. The number of carboxylic acids is 1. The van der Waals surface area contributed by atoms with Crippen LogP contribution in [0.1, 0.15) is 0 Å². The molecule has 0 fully saturated rings. The van der Waals surface area contributed by atoms with Crippen molar-refractivity contribution < 1.29 is 9.90 Å². The lowest BCUT2D eigenvalue weighted by Gasteiger charge is -1.97. The van der Waals surface area contributed by atoms with E-state index in [-0.39, 0.29) is 5.70 Å². The lowest BCUT2D eigenvalue weighted by Crippen LogP contribution is -2.03. The second-order valence-corrected chi connectivity index (χ2v) is 1.72. The van der Waals surface area contributed by atoms with Crippen LogP contribution in [0.2, 0.25) is 0 Å². The highest BCUT2D eigenvalue weighted by Gasteiger charge is 2.03. The molecule has 0 unspecified atom stereocenters. The molecule has 52 valence electrons. The summed E-state index contributed by atoms with van der Waals surface area (Å²) in [7, 11) is 0. The summed E-state index contributed by atoms with van der Waals surface area (Å²) in [4.78, 5) is 13.9. The number of carbonyl (C=O) groups is 1. The molecule has 4 heteroatoms. The molecule has 1 aromatic heterocycles. The van der Waals surface area contributed by atoms with E-state index in [1.165, 1.54) is 23.3 Å². The molecule has 1 N–H and O–H groups in total. The summed E-state index contributed by atoms with van der Waals surface area (Å²) in [5, 5.41) is 8.41. The fraction of sp³-hybridized carbons (Fsp3) is 0. The first-order chi connectivity index (χ1) is 4.72. The second-order valence-electron chi connectivity index (χ2n) is 1.72. The van der Waals surface area contributed by atoms with E-state index in [0.717, 1.165) is 0 Å². The molecule has 0 aliphatic rings. The molecule has 0 aliphatic heterocycles. The second kappa shape index (κ2) is 2.34. The Bertz CT molecular complexity index is 251. The van der Waals surface area contributed by atoms with E-state index in [2.05, 4.69) is 11.6 Å². The third kappa shape index (κ3) is 1.05. The van der Waals surface area contributed by atoms with Crippen molar-refractivity contribution in [2.75, 3.05) is 0 Å². The van der Waals surface area contributed by atoms with Crippen molar-refractivity contribution in [2.24, 2.45) is 0 Å². The average molecular weight is 138 g/mol. The van der Waals surface area contributed by atoms with Crippen LogP contribution in [0, 0.1) is 0 Å². The van der Waals surface area contributed by atoms with Crippen molar-refractivity contribution in [1.29, 1.82) is 0 Å². The van der Waals surface area contributed by atoms with Crippen molar-refractivity contribution in [3.63, 3.8) is 0 Å². The summed E-state index contributed by atoms with van der Waals surface area (Å²) in [6, 6.07) is 0. The van der Waals surface area contributed by atoms with Crippen molar-refractivity contribution in [2.45, 2.75) is 0 Å². The van der Waals surface area contributed by atoms with E-state index in [1.54, 1.807) is 0 Å². The zero-order chi connectivity index (χ0) is 7.56. The molecule has 10 heavy (non-hydrogen) atoms. The van der Waals surface area contributed by atoms with E-state index >= 15 is 0 Å². The minimum Gasteiger partial charge on any atom is -0.477 e. The molecule has 0 bridgehead atoms. The Balaban J connectivity index is 2.88. The number of nitrogens with zero attached hydrogens (tertiary/aromatic N) is 2. The third-order valence-electron chi connectivity index (χ3n) is 1.06. The average Bonchev–Trinajstić information content (AvgIpc) is 2.36. The fourth-order valence-electron chi connectivity index (χ4n) is 0.529. The first kappa shape index (κ1) is 6.54. The summed E-state index contributed by atoms with van der Waals surface area (Å²) in [5.41, 5.74) is -0.00231. The van der Waals surface area contributed by atoms with Gasteiger partial charge in [0, 0.05) is 12.4 Å². The van der Waals surface area contributed by atoms with Crippen LogP contribution in [-0.4, -0.2) is 20.6 Å². The van der Waals surface area contributed by atoms with Crippen LogP contribution in [0.4, 0.5) is 0 Å². The van der Waals surface area contributed by atoms with Crippen LogP contribution in [0.3, 0.4) is 0 Å². The predicted molar refractivity (Wildman–Crippen MR) is 35.2 cm³/mol. The summed E-state index contributed by atoms with van der Waals surface area (Å²) in [6.07, 6.45) is 4.40. The maximum Gasteiger partial charge on any atom is 0.352 e. The topological polar surface area (TPSA) is 55.1 Å². The van der Waals surface area contributed by atoms with Gasteiger partial charge in [-0.05, 0) is 0 Å². The van der Waals surface area contributed by atoms with Gasteiger partial charge in [-0.25, -0.2) is 9.78 Å².